The summed E-state index contributed by atoms with van der Waals surface area (Å²) in [7, 11) is 1.63. The number of methoxy groups -OCH3 is 1. The van der Waals surface area contributed by atoms with Gasteiger partial charge in [-0.3, -0.25) is 9.59 Å². The van der Waals surface area contributed by atoms with E-state index in [4.69, 9.17) is 4.74 Å². The fourth-order valence-corrected chi connectivity index (χ4v) is 2.33. The van der Waals surface area contributed by atoms with Gasteiger partial charge in [0.25, 0.3) is 0 Å². The molecule has 22 heavy (non-hydrogen) atoms. The number of nitrogens with zero attached hydrogens (tertiary/aromatic N) is 1. The van der Waals surface area contributed by atoms with Crippen LogP contribution >= 0.6 is 15.9 Å². The molecule has 0 fully saturated rings. The molecule has 0 atom stereocenters. The predicted molar refractivity (Wildman–Crippen MR) is 91.0 cm³/mol. The number of rotatable bonds is 8. The van der Waals surface area contributed by atoms with E-state index in [-0.39, 0.29) is 18.2 Å². The Kier molecular flexibility index (Phi) is 8.12. The van der Waals surface area contributed by atoms with Crippen LogP contribution in [0, 0.1) is 6.92 Å². The summed E-state index contributed by atoms with van der Waals surface area (Å²) < 4.78 is 5.87. The highest BCUT2D eigenvalue weighted by atomic mass is 79.9. The molecule has 0 unspecified atom stereocenters. The number of carbonyl (C=O) groups is 2. The van der Waals surface area contributed by atoms with Crippen LogP contribution in [0.25, 0.3) is 0 Å². The number of anilines is 1. The first-order chi connectivity index (χ1) is 10.5. The molecule has 0 heterocycles. The fraction of sp³-hybridized carbons (Fsp3) is 0.500. The number of nitrogens with one attached hydrogen (secondary N) is 1. The lowest BCUT2D eigenvalue weighted by atomic mass is 10.2. The van der Waals surface area contributed by atoms with Crippen molar-refractivity contribution in [2.45, 2.75) is 26.7 Å². The van der Waals surface area contributed by atoms with Crippen molar-refractivity contribution in [3.8, 4) is 0 Å². The fourth-order valence-electron chi connectivity index (χ4n) is 1.96. The van der Waals surface area contributed by atoms with Gasteiger partial charge in [0.15, 0.2) is 0 Å². The molecule has 0 aliphatic carbocycles. The maximum absolute atomic E-state index is 11.8. The summed E-state index contributed by atoms with van der Waals surface area (Å²) in [5.74, 6) is -0.142. The molecule has 0 aliphatic rings. The highest BCUT2D eigenvalue weighted by molar-refractivity contribution is 9.10. The van der Waals surface area contributed by atoms with Crippen LogP contribution in [0.2, 0.25) is 0 Å². The maximum Gasteiger partial charge on any atom is 0.223 e. The largest absolute Gasteiger partial charge is 0.385 e. The van der Waals surface area contributed by atoms with Gasteiger partial charge >= 0.3 is 0 Å². The lowest BCUT2D eigenvalue weighted by Crippen LogP contribution is -2.34. The number of ether oxygens (including phenoxy) is 1. The van der Waals surface area contributed by atoms with Gasteiger partial charge in [-0.05, 0) is 31.0 Å². The van der Waals surface area contributed by atoms with E-state index in [1.165, 1.54) is 6.92 Å². The highest BCUT2D eigenvalue weighted by Crippen LogP contribution is 2.23. The standard InChI is InChI=1S/C16H23BrN2O3/c1-12-5-6-14(11-15(12)17)19(13(2)20)9-7-16(21)18-8-4-10-22-3/h5-6,11H,4,7-10H2,1-3H3,(H,18,21). The van der Waals surface area contributed by atoms with Crippen molar-refractivity contribution in [1.82, 2.24) is 5.32 Å². The molecule has 2 amide bonds. The van der Waals surface area contributed by atoms with E-state index in [9.17, 15) is 9.59 Å². The normalized spacial score (nSPS) is 10.4. The smallest absolute Gasteiger partial charge is 0.223 e. The maximum atomic E-state index is 11.8. The number of benzene rings is 1. The Balaban J connectivity index is 2.56. The van der Waals surface area contributed by atoms with Crippen LogP contribution < -0.4 is 10.2 Å². The van der Waals surface area contributed by atoms with E-state index in [0.717, 1.165) is 22.1 Å². The molecule has 0 aliphatic heterocycles. The van der Waals surface area contributed by atoms with Gasteiger partial charge in [-0.1, -0.05) is 22.0 Å². The summed E-state index contributed by atoms with van der Waals surface area (Å²) in [6.45, 7) is 5.06. The number of aryl methyl sites for hydroxylation is 1. The molecule has 0 saturated carbocycles. The minimum Gasteiger partial charge on any atom is -0.385 e. The first-order valence-electron chi connectivity index (χ1n) is 7.25. The molecule has 5 nitrogen and oxygen atoms in total. The minimum absolute atomic E-state index is 0.0615. The molecule has 6 heteroatoms. The number of hydrogen-bond acceptors (Lipinski definition) is 3. The monoisotopic (exact) mass is 370 g/mol. The van der Waals surface area contributed by atoms with Crippen molar-refractivity contribution in [2.75, 3.05) is 31.7 Å². The zero-order chi connectivity index (χ0) is 16.5. The van der Waals surface area contributed by atoms with Gasteiger partial charge in [-0.15, -0.1) is 0 Å². The van der Waals surface area contributed by atoms with Gasteiger partial charge in [0.2, 0.25) is 11.8 Å². The van der Waals surface area contributed by atoms with Crippen LogP contribution in [0.3, 0.4) is 0 Å². The third kappa shape index (κ3) is 6.15. The molecule has 1 rings (SSSR count). The minimum atomic E-state index is -0.0806. The van der Waals surface area contributed by atoms with Crippen LogP contribution in [0.15, 0.2) is 22.7 Å². The van der Waals surface area contributed by atoms with Gasteiger partial charge < -0.3 is 15.0 Å². The van der Waals surface area contributed by atoms with E-state index in [1.807, 2.05) is 25.1 Å². The predicted octanol–water partition coefficient (Wildman–Crippen LogP) is 2.65. The van der Waals surface area contributed by atoms with Crippen LogP contribution in [-0.4, -0.2) is 38.6 Å². The molecule has 0 saturated heterocycles. The number of hydrogen-bond donors (Lipinski definition) is 1. The SMILES string of the molecule is COCCCNC(=O)CCN(C(C)=O)c1ccc(C)c(Br)c1. The Morgan fingerprint density at radius 1 is 1.36 bits per heavy atom. The molecule has 1 aromatic carbocycles. The molecular formula is C16H23BrN2O3. The zero-order valence-electron chi connectivity index (χ0n) is 13.3. The Bertz CT molecular complexity index is 520. The van der Waals surface area contributed by atoms with Crippen molar-refractivity contribution in [3.63, 3.8) is 0 Å². The summed E-state index contributed by atoms with van der Waals surface area (Å²) in [5.41, 5.74) is 1.89. The molecule has 122 valence electrons. The molecule has 0 aromatic heterocycles. The third-order valence-corrected chi connectivity index (χ3v) is 4.11. The molecule has 1 N–H and O–H groups in total. The average molecular weight is 371 g/mol. The van der Waals surface area contributed by atoms with Crippen molar-refractivity contribution in [2.24, 2.45) is 0 Å². The van der Waals surface area contributed by atoms with Crippen molar-refractivity contribution in [3.05, 3.63) is 28.2 Å². The lowest BCUT2D eigenvalue weighted by molar-refractivity contribution is -0.121. The van der Waals surface area contributed by atoms with Gasteiger partial charge in [0, 0.05) is 50.3 Å². The van der Waals surface area contributed by atoms with Gasteiger partial charge in [-0.2, -0.15) is 0 Å². The van der Waals surface area contributed by atoms with Crippen LogP contribution in [0.5, 0.6) is 0 Å². The van der Waals surface area contributed by atoms with Gasteiger partial charge in [0.05, 0.1) is 0 Å². The lowest BCUT2D eigenvalue weighted by Gasteiger charge is -2.21. The Hall–Kier alpha value is -1.40. The Morgan fingerprint density at radius 2 is 2.09 bits per heavy atom. The summed E-state index contributed by atoms with van der Waals surface area (Å²) in [5, 5.41) is 2.82. The topological polar surface area (TPSA) is 58.6 Å². The summed E-state index contributed by atoms with van der Waals surface area (Å²) in [6.07, 6.45) is 1.06. The van der Waals surface area contributed by atoms with Crippen molar-refractivity contribution < 1.29 is 14.3 Å². The first kappa shape index (κ1) is 18.6. The van der Waals surface area contributed by atoms with Crippen molar-refractivity contribution >= 4 is 33.4 Å². The summed E-state index contributed by atoms with van der Waals surface area (Å²) in [6, 6.07) is 5.73. The molecule has 1 aromatic rings. The van der Waals surface area contributed by atoms with Gasteiger partial charge in [0.1, 0.15) is 0 Å². The zero-order valence-corrected chi connectivity index (χ0v) is 14.9. The number of carbonyl (C=O) groups excluding carboxylic acids is 2. The van der Waals surface area contributed by atoms with E-state index in [1.54, 1.807) is 12.0 Å². The molecule has 0 radical (unpaired) electrons. The second-order valence-corrected chi connectivity index (χ2v) is 5.90. The number of halogens is 1. The number of amides is 2. The first-order valence-corrected chi connectivity index (χ1v) is 8.05. The van der Waals surface area contributed by atoms with E-state index < -0.39 is 0 Å². The summed E-state index contributed by atoms with van der Waals surface area (Å²) >= 11 is 3.46. The highest BCUT2D eigenvalue weighted by Gasteiger charge is 2.14. The second kappa shape index (κ2) is 9.58. The molecular weight excluding hydrogens is 348 g/mol. The average Bonchev–Trinajstić information content (AvgIpc) is 2.47. The van der Waals surface area contributed by atoms with E-state index >= 15 is 0 Å². The third-order valence-electron chi connectivity index (χ3n) is 3.26. The molecule has 0 spiro atoms. The molecule has 0 bridgehead atoms. The van der Waals surface area contributed by atoms with E-state index in [0.29, 0.717) is 19.7 Å². The van der Waals surface area contributed by atoms with Crippen LogP contribution in [0.1, 0.15) is 25.3 Å². The Morgan fingerprint density at radius 3 is 2.68 bits per heavy atom. The quantitative estimate of drug-likeness (QED) is 0.715. The van der Waals surface area contributed by atoms with Crippen molar-refractivity contribution in [1.29, 1.82) is 0 Å². The second-order valence-electron chi connectivity index (χ2n) is 5.05. The van der Waals surface area contributed by atoms with E-state index in [2.05, 4.69) is 21.2 Å². The van der Waals surface area contributed by atoms with Crippen LogP contribution in [-0.2, 0) is 14.3 Å². The van der Waals surface area contributed by atoms with Gasteiger partial charge in [-0.25, -0.2) is 0 Å². The Labute approximate surface area is 140 Å². The van der Waals surface area contributed by atoms with Crippen LogP contribution in [0.4, 0.5) is 5.69 Å². The summed E-state index contributed by atoms with van der Waals surface area (Å²) in [4.78, 5) is 25.2.